The second kappa shape index (κ2) is 8.36. The Balaban J connectivity index is 2.01. The van der Waals surface area contributed by atoms with Gasteiger partial charge >= 0.3 is 0 Å². The summed E-state index contributed by atoms with van der Waals surface area (Å²) in [5, 5.41) is 0. The molecule has 2 saturated carbocycles. The van der Waals surface area contributed by atoms with Crippen LogP contribution in [0.15, 0.2) is 12.2 Å². The minimum Gasteiger partial charge on any atom is -0.330 e. The van der Waals surface area contributed by atoms with Crippen molar-refractivity contribution in [1.82, 2.24) is 0 Å². The van der Waals surface area contributed by atoms with E-state index in [-0.39, 0.29) is 0 Å². The van der Waals surface area contributed by atoms with E-state index in [4.69, 9.17) is 5.73 Å². The highest BCUT2D eigenvalue weighted by Crippen LogP contribution is 2.48. The third kappa shape index (κ3) is 4.34. The first-order valence-corrected chi connectivity index (χ1v) is 9.52. The molecule has 2 aliphatic rings. The van der Waals surface area contributed by atoms with Crippen LogP contribution in [0.3, 0.4) is 0 Å². The molecule has 0 heterocycles. The van der Waals surface area contributed by atoms with Gasteiger partial charge in [-0.15, -0.1) is 0 Å². The summed E-state index contributed by atoms with van der Waals surface area (Å²) in [6.07, 6.45) is 15.8. The zero-order valence-electron chi connectivity index (χ0n) is 14.6. The van der Waals surface area contributed by atoms with Gasteiger partial charge in [-0.05, 0) is 87.0 Å². The van der Waals surface area contributed by atoms with E-state index in [0.717, 1.165) is 42.1 Å². The molecule has 1 heteroatoms. The molecule has 2 rings (SSSR count). The Kier molecular flexibility index (Phi) is 6.79. The molecule has 0 aromatic carbocycles. The Morgan fingerprint density at radius 2 is 1.62 bits per heavy atom. The summed E-state index contributed by atoms with van der Waals surface area (Å²) in [6.45, 7) is 8.20. The Morgan fingerprint density at radius 1 is 0.905 bits per heavy atom. The fourth-order valence-corrected chi connectivity index (χ4v) is 5.10. The molecule has 6 atom stereocenters. The molecule has 0 aromatic heterocycles. The van der Waals surface area contributed by atoms with Crippen LogP contribution in [-0.4, -0.2) is 6.54 Å². The third-order valence-corrected chi connectivity index (χ3v) is 6.68. The maximum absolute atomic E-state index is 5.97. The third-order valence-electron chi connectivity index (χ3n) is 6.68. The van der Waals surface area contributed by atoms with E-state index in [0.29, 0.717) is 0 Å². The first kappa shape index (κ1) is 17.1. The van der Waals surface area contributed by atoms with Gasteiger partial charge in [0.15, 0.2) is 0 Å². The lowest BCUT2D eigenvalue weighted by molar-refractivity contribution is 0.0426. The fraction of sp³-hybridized carbons (Fsp3) is 0.900. The van der Waals surface area contributed by atoms with Crippen molar-refractivity contribution in [3.05, 3.63) is 12.2 Å². The standard InChI is InChI=1S/C20H37N/c1-4-5-6-7-18-11-13-19-15(2)8-9-17(14-21)10-12-20(19)16(18)3/h5-6,15-20H,4,7-14,21H2,1-3H3/b6-5+. The molecule has 0 aromatic rings. The number of nitrogens with two attached hydrogens (primary N) is 1. The van der Waals surface area contributed by atoms with Crippen LogP contribution in [0, 0.1) is 35.5 Å². The van der Waals surface area contributed by atoms with Gasteiger partial charge in [-0.2, -0.15) is 0 Å². The van der Waals surface area contributed by atoms with Crippen molar-refractivity contribution in [2.75, 3.05) is 6.54 Å². The quantitative estimate of drug-likeness (QED) is 0.689. The maximum Gasteiger partial charge on any atom is -0.00489 e. The van der Waals surface area contributed by atoms with Gasteiger partial charge in [0, 0.05) is 0 Å². The van der Waals surface area contributed by atoms with Gasteiger partial charge in [-0.1, -0.05) is 39.3 Å². The molecule has 0 aliphatic heterocycles. The molecular weight excluding hydrogens is 254 g/mol. The lowest BCUT2D eigenvalue weighted by Gasteiger charge is -2.46. The summed E-state index contributed by atoms with van der Waals surface area (Å²) in [7, 11) is 0. The van der Waals surface area contributed by atoms with Crippen molar-refractivity contribution in [3.8, 4) is 0 Å². The van der Waals surface area contributed by atoms with E-state index in [1.54, 1.807) is 0 Å². The van der Waals surface area contributed by atoms with E-state index < -0.39 is 0 Å². The van der Waals surface area contributed by atoms with E-state index in [2.05, 4.69) is 32.9 Å². The second-order valence-corrected chi connectivity index (χ2v) is 7.87. The zero-order chi connectivity index (χ0) is 15.2. The molecule has 2 N–H and O–H groups in total. The molecular formula is C20H37N. The highest BCUT2D eigenvalue weighted by Gasteiger charge is 2.39. The molecule has 21 heavy (non-hydrogen) atoms. The van der Waals surface area contributed by atoms with Crippen LogP contribution < -0.4 is 5.73 Å². The second-order valence-electron chi connectivity index (χ2n) is 7.87. The van der Waals surface area contributed by atoms with Gasteiger partial charge < -0.3 is 5.73 Å². The average Bonchev–Trinajstić information content (AvgIpc) is 2.48. The predicted molar refractivity (Wildman–Crippen MR) is 93.1 cm³/mol. The number of allylic oxidation sites excluding steroid dienone is 2. The van der Waals surface area contributed by atoms with E-state index in [1.807, 2.05) is 0 Å². The van der Waals surface area contributed by atoms with Gasteiger partial charge in [0.2, 0.25) is 0 Å². The summed E-state index contributed by atoms with van der Waals surface area (Å²) in [5.74, 6) is 5.49. The van der Waals surface area contributed by atoms with Crippen molar-refractivity contribution >= 4 is 0 Å². The lowest BCUT2D eigenvalue weighted by Crippen LogP contribution is -2.38. The average molecular weight is 292 g/mol. The van der Waals surface area contributed by atoms with Crippen LogP contribution in [0.1, 0.15) is 72.1 Å². The van der Waals surface area contributed by atoms with Crippen molar-refractivity contribution in [2.45, 2.75) is 72.1 Å². The molecule has 0 spiro atoms. The van der Waals surface area contributed by atoms with Crippen LogP contribution >= 0.6 is 0 Å². The monoisotopic (exact) mass is 291 g/mol. The van der Waals surface area contributed by atoms with Gasteiger partial charge in [-0.3, -0.25) is 0 Å². The summed E-state index contributed by atoms with van der Waals surface area (Å²) in [4.78, 5) is 0. The van der Waals surface area contributed by atoms with Gasteiger partial charge in [0.25, 0.3) is 0 Å². The summed E-state index contributed by atoms with van der Waals surface area (Å²) < 4.78 is 0. The Bertz CT molecular complexity index is 322. The Morgan fingerprint density at radius 3 is 2.33 bits per heavy atom. The van der Waals surface area contributed by atoms with Gasteiger partial charge in [0.05, 0.1) is 0 Å². The molecule has 2 aliphatic carbocycles. The highest BCUT2D eigenvalue weighted by atomic mass is 14.6. The number of hydrogen-bond donors (Lipinski definition) is 1. The normalized spacial score (nSPS) is 41.5. The topological polar surface area (TPSA) is 26.0 Å². The van der Waals surface area contributed by atoms with Crippen LogP contribution in [0.25, 0.3) is 0 Å². The van der Waals surface area contributed by atoms with E-state index in [9.17, 15) is 0 Å². The largest absolute Gasteiger partial charge is 0.330 e. The van der Waals surface area contributed by atoms with Gasteiger partial charge in [0.1, 0.15) is 0 Å². The Labute approximate surface area is 132 Å². The maximum atomic E-state index is 5.97. The highest BCUT2D eigenvalue weighted by molar-refractivity contribution is 4.93. The first-order chi connectivity index (χ1) is 10.2. The van der Waals surface area contributed by atoms with Crippen LogP contribution in [0.5, 0.6) is 0 Å². The predicted octanol–water partition coefficient (Wildman–Crippen LogP) is 5.41. The van der Waals surface area contributed by atoms with Crippen molar-refractivity contribution in [1.29, 1.82) is 0 Å². The van der Waals surface area contributed by atoms with Crippen molar-refractivity contribution in [3.63, 3.8) is 0 Å². The Hall–Kier alpha value is -0.300. The first-order valence-electron chi connectivity index (χ1n) is 9.52. The zero-order valence-corrected chi connectivity index (χ0v) is 14.6. The van der Waals surface area contributed by atoms with Gasteiger partial charge in [-0.25, -0.2) is 0 Å². The molecule has 6 unspecified atom stereocenters. The van der Waals surface area contributed by atoms with Crippen molar-refractivity contribution < 1.29 is 0 Å². The summed E-state index contributed by atoms with van der Waals surface area (Å²) >= 11 is 0. The molecule has 0 radical (unpaired) electrons. The number of fused-ring (bicyclic) bond motifs is 1. The lowest BCUT2D eigenvalue weighted by atomic mass is 9.59. The molecule has 1 nitrogen and oxygen atoms in total. The fourth-order valence-electron chi connectivity index (χ4n) is 5.10. The molecule has 0 bridgehead atoms. The van der Waals surface area contributed by atoms with Crippen LogP contribution in [-0.2, 0) is 0 Å². The van der Waals surface area contributed by atoms with Crippen molar-refractivity contribution in [2.24, 2.45) is 41.2 Å². The van der Waals surface area contributed by atoms with E-state index >= 15 is 0 Å². The molecule has 2 fully saturated rings. The summed E-state index contributed by atoms with van der Waals surface area (Å²) in [5.41, 5.74) is 5.97. The number of rotatable bonds is 4. The van der Waals surface area contributed by atoms with E-state index in [1.165, 1.54) is 51.4 Å². The smallest absolute Gasteiger partial charge is 0.00489 e. The SMILES string of the molecule is CC/C=C/CC1CCC2C(C)CCC(CN)CCC2C1C. The summed E-state index contributed by atoms with van der Waals surface area (Å²) in [6, 6.07) is 0. The van der Waals surface area contributed by atoms with Crippen LogP contribution in [0.2, 0.25) is 0 Å². The number of hydrogen-bond acceptors (Lipinski definition) is 1. The minimum absolute atomic E-state index is 0.793. The molecule has 122 valence electrons. The molecule has 0 saturated heterocycles. The molecule has 0 amide bonds. The minimum atomic E-state index is 0.793. The van der Waals surface area contributed by atoms with Crippen LogP contribution in [0.4, 0.5) is 0 Å².